The Morgan fingerprint density at radius 2 is 2.05 bits per heavy atom. The average molecular weight is 276 g/mol. The first-order valence-electron chi connectivity index (χ1n) is 6.40. The van der Waals surface area contributed by atoms with Crippen molar-refractivity contribution in [1.82, 2.24) is 10.1 Å². The zero-order valence-corrected chi connectivity index (χ0v) is 12.0. The maximum Gasteiger partial charge on any atom is 0.234 e. The molecular weight excluding hydrogens is 259 g/mol. The van der Waals surface area contributed by atoms with Gasteiger partial charge in [-0.3, -0.25) is 4.79 Å². The molecule has 5 heteroatoms. The van der Waals surface area contributed by atoms with E-state index in [4.69, 9.17) is 4.52 Å². The lowest BCUT2D eigenvalue weighted by molar-refractivity contribution is -0.125. The van der Waals surface area contributed by atoms with Crippen molar-refractivity contribution in [3.05, 3.63) is 35.5 Å². The SMILES string of the molecule is Cc1cc(F)ccc1-c1noc(CC(=O)C(C)(C)C)n1. The number of Topliss-reactive ketones (excluding diaryl/α,β-unsaturated/α-hetero) is 1. The van der Waals surface area contributed by atoms with Gasteiger partial charge in [0.1, 0.15) is 11.6 Å². The van der Waals surface area contributed by atoms with E-state index in [0.29, 0.717) is 11.4 Å². The number of rotatable bonds is 3. The Morgan fingerprint density at radius 1 is 1.35 bits per heavy atom. The molecule has 2 aromatic rings. The summed E-state index contributed by atoms with van der Waals surface area (Å²) >= 11 is 0. The van der Waals surface area contributed by atoms with Gasteiger partial charge in [-0.15, -0.1) is 0 Å². The fourth-order valence-electron chi connectivity index (χ4n) is 1.72. The van der Waals surface area contributed by atoms with Crippen LogP contribution < -0.4 is 0 Å². The maximum atomic E-state index is 13.1. The molecule has 0 saturated carbocycles. The number of halogens is 1. The number of benzene rings is 1. The van der Waals surface area contributed by atoms with E-state index in [0.717, 1.165) is 5.56 Å². The Hall–Kier alpha value is -2.04. The van der Waals surface area contributed by atoms with E-state index in [1.54, 1.807) is 13.0 Å². The van der Waals surface area contributed by atoms with Gasteiger partial charge in [0, 0.05) is 11.0 Å². The van der Waals surface area contributed by atoms with Crippen LogP contribution in [0, 0.1) is 18.2 Å². The van der Waals surface area contributed by atoms with Gasteiger partial charge in [0.25, 0.3) is 0 Å². The van der Waals surface area contributed by atoms with Crippen molar-refractivity contribution in [2.45, 2.75) is 34.1 Å². The molecule has 4 nitrogen and oxygen atoms in total. The third-order valence-electron chi connectivity index (χ3n) is 3.05. The van der Waals surface area contributed by atoms with Crippen LogP contribution in [0.2, 0.25) is 0 Å². The highest BCUT2D eigenvalue weighted by Crippen LogP contribution is 2.22. The highest BCUT2D eigenvalue weighted by molar-refractivity contribution is 5.85. The van der Waals surface area contributed by atoms with Gasteiger partial charge in [0.2, 0.25) is 11.7 Å². The van der Waals surface area contributed by atoms with Crippen LogP contribution in [-0.2, 0) is 11.2 Å². The van der Waals surface area contributed by atoms with Crippen LogP contribution in [0.1, 0.15) is 32.2 Å². The molecule has 0 aliphatic carbocycles. The molecule has 0 fully saturated rings. The summed E-state index contributed by atoms with van der Waals surface area (Å²) in [5, 5.41) is 3.85. The lowest BCUT2D eigenvalue weighted by atomic mass is 9.89. The van der Waals surface area contributed by atoms with Gasteiger partial charge >= 0.3 is 0 Å². The zero-order valence-electron chi connectivity index (χ0n) is 12.0. The molecule has 20 heavy (non-hydrogen) atoms. The van der Waals surface area contributed by atoms with Gasteiger partial charge in [-0.05, 0) is 30.7 Å². The highest BCUT2D eigenvalue weighted by atomic mass is 19.1. The molecule has 0 N–H and O–H groups in total. The third-order valence-corrected chi connectivity index (χ3v) is 3.05. The summed E-state index contributed by atoms with van der Waals surface area (Å²) in [7, 11) is 0. The van der Waals surface area contributed by atoms with Crippen LogP contribution in [0.3, 0.4) is 0 Å². The number of hydrogen-bond acceptors (Lipinski definition) is 4. The fraction of sp³-hybridized carbons (Fsp3) is 0.400. The number of aromatic nitrogens is 2. The summed E-state index contributed by atoms with van der Waals surface area (Å²) in [5.74, 6) is 0.379. The minimum atomic E-state index is -0.444. The summed E-state index contributed by atoms with van der Waals surface area (Å²) in [4.78, 5) is 16.1. The molecule has 1 heterocycles. The first-order valence-corrected chi connectivity index (χ1v) is 6.40. The highest BCUT2D eigenvalue weighted by Gasteiger charge is 2.24. The Bertz CT molecular complexity index is 642. The standard InChI is InChI=1S/C15H17FN2O2/c1-9-7-10(16)5-6-11(9)14-17-13(20-18-14)8-12(19)15(2,3)4/h5-7H,8H2,1-4H3. The van der Waals surface area contributed by atoms with E-state index >= 15 is 0 Å². The van der Waals surface area contributed by atoms with Crippen molar-refractivity contribution < 1.29 is 13.7 Å². The monoisotopic (exact) mass is 276 g/mol. The number of ketones is 1. The largest absolute Gasteiger partial charge is 0.339 e. The molecule has 0 spiro atoms. The number of aryl methyl sites for hydroxylation is 1. The van der Waals surface area contributed by atoms with Crippen molar-refractivity contribution in [3.63, 3.8) is 0 Å². The molecule has 0 aliphatic heterocycles. The molecule has 0 radical (unpaired) electrons. The van der Waals surface area contributed by atoms with Crippen molar-refractivity contribution in [3.8, 4) is 11.4 Å². The predicted octanol–water partition coefficient (Wildman–Crippen LogP) is 3.34. The minimum absolute atomic E-state index is 0.0310. The van der Waals surface area contributed by atoms with Crippen LogP contribution in [0.25, 0.3) is 11.4 Å². The summed E-state index contributed by atoms with van der Waals surface area (Å²) in [6.45, 7) is 7.30. The fourth-order valence-corrected chi connectivity index (χ4v) is 1.72. The van der Waals surface area contributed by atoms with Crippen molar-refractivity contribution in [1.29, 1.82) is 0 Å². The van der Waals surface area contributed by atoms with Crippen LogP contribution in [0.5, 0.6) is 0 Å². The molecule has 106 valence electrons. The first kappa shape index (κ1) is 14.4. The van der Waals surface area contributed by atoms with Crippen molar-refractivity contribution >= 4 is 5.78 Å². The average Bonchev–Trinajstić information content (AvgIpc) is 2.76. The van der Waals surface area contributed by atoms with Gasteiger partial charge in [-0.2, -0.15) is 4.98 Å². The summed E-state index contributed by atoms with van der Waals surface area (Å²) in [6.07, 6.45) is 0.108. The molecule has 0 atom stereocenters. The van der Waals surface area contributed by atoms with Gasteiger partial charge in [0.15, 0.2) is 0 Å². The summed E-state index contributed by atoms with van der Waals surface area (Å²) in [6, 6.07) is 4.36. The minimum Gasteiger partial charge on any atom is -0.339 e. The predicted molar refractivity (Wildman–Crippen MR) is 72.6 cm³/mol. The molecular formula is C15H17FN2O2. The third kappa shape index (κ3) is 3.10. The summed E-state index contributed by atoms with van der Waals surface area (Å²) < 4.78 is 18.2. The molecule has 0 bridgehead atoms. The number of hydrogen-bond donors (Lipinski definition) is 0. The van der Waals surface area contributed by atoms with Crippen LogP contribution in [0.15, 0.2) is 22.7 Å². The molecule has 1 aromatic heterocycles. The molecule has 2 rings (SSSR count). The van der Waals surface area contributed by atoms with Gasteiger partial charge in [-0.25, -0.2) is 4.39 Å². The second kappa shape index (κ2) is 5.15. The van der Waals surface area contributed by atoms with Gasteiger partial charge in [0.05, 0.1) is 6.42 Å². The lowest BCUT2D eigenvalue weighted by Crippen LogP contribution is -2.22. The molecule has 1 aromatic carbocycles. The van der Waals surface area contributed by atoms with Crippen molar-refractivity contribution in [2.24, 2.45) is 5.41 Å². The Kier molecular flexibility index (Phi) is 3.70. The molecule has 0 amide bonds. The first-order chi connectivity index (χ1) is 9.27. The Morgan fingerprint density at radius 3 is 2.65 bits per heavy atom. The smallest absolute Gasteiger partial charge is 0.234 e. The summed E-state index contributed by atoms with van der Waals surface area (Å²) in [5.41, 5.74) is 0.976. The number of carbonyl (C=O) groups excluding carboxylic acids is 1. The normalized spacial score (nSPS) is 11.7. The van der Waals surface area contributed by atoms with Crippen LogP contribution >= 0.6 is 0 Å². The second-order valence-corrected chi connectivity index (χ2v) is 5.82. The Labute approximate surface area is 117 Å². The van der Waals surface area contributed by atoms with E-state index in [2.05, 4.69) is 10.1 Å². The number of carbonyl (C=O) groups is 1. The van der Waals surface area contributed by atoms with Crippen LogP contribution in [-0.4, -0.2) is 15.9 Å². The topological polar surface area (TPSA) is 56.0 Å². The quantitative estimate of drug-likeness (QED) is 0.862. The molecule has 0 aliphatic rings. The van der Waals surface area contributed by atoms with E-state index in [1.807, 2.05) is 20.8 Å². The zero-order chi connectivity index (χ0) is 14.9. The van der Waals surface area contributed by atoms with E-state index in [-0.39, 0.29) is 23.9 Å². The lowest BCUT2D eigenvalue weighted by Gasteiger charge is -2.14. The maximum absolute atomic E-state index is 13.1. The second-order valence-electron chi connectivity index (χ2n) is 5.82. The van der Waals surface area contributed by atoms with Gasteiger partial charge in [-0.1, -0.05) is 25.9 Å². The number of nitrogens with zero attached hydrogens (tertiary/aromatic N) is 2. The van der Waals surface area contributed by atoms with E-state index < -0.39 is 5.41 Å². The van der Waals surface area contributed by atoms with Gasteiger partial charge < -0.3 is 4.52 Å². The molecule has 0 saturated heterocycles. The van der Waals surface area contributed by atoms with E-state index in [9.17, 15) is 9.18 Å². The molecule has 0 unspecified atom stereocenters. The Balaban J connectivity index is 2.23. The van der Waals surface area contributed by atoms with Crippen molar-refractivity contribution in [2.75, 3.05) is 0 Å². The van der Waals surface area contributed by atoms with E-state index in [1.165, 1.54) is 12.1 Å². The van der Waals surface area contributed by atoms with Crippen LogP contribution in [0.4, 0.5) is 4.39 Å².